The van der Waals surface area contributed by atoms with E-state index in [0.29, 0.717) is 0 Å². The largest absolute Gasteiger partial charge is 0.455 e. The van der Waals surface area contributed by atoms with Crippen molar-refractivity contribution in [3.8, 4) is 44.5 Å². The molecule has 0 atom stereocenters. The van der Waals surface area contributed by atoms with E-state index in [0.717, 1.165) is 27.5 Å². The first-order valence-corrected chi connectivity index (χ1v) is 17.5. The van der Waals surface area contributed by atoms with Crippen molar-refractivity contribution in [3.63, 3.8) is 0 Å². The van der Waals surface area contributed by atoms with Gasteiger partial charge in [0.15, 0.2) is 0 Å². The van der Waals surface area contributed by atoms with E-state index in [4.69, 9.17) is 4.42 Å². The Bertz CT molecular complexity index is 2780. The molecule has 0 radical (unpaired) electrons. The number of fused-ring (bicyclic) bond motifs is 5. The third-order valence-electron chi connectivity index (χ3n) is 11.3. The summed E-state index contributed by atoms with van der Waals surface area (Å²) in [7, 11) is 11.2. The highest BCUT2D eigenvalue weighted by Gasteiger charge is 2.21. The van der Waals surface area contributed by atoms with Crippen LogP contribution < -0.4 is 27.3 Å². The summed E-state index contributed by atoms with van der Waals surface area (Å²) in [6.07, 6.45) is 0. The Morgan fingerprint density at radius 3 is 1.48 bits per heavy atom. The van der Waals surface area contributed by atoms with Crippen molar-refractivity contribution < 1.29 is 4.42 Å². The van der Waals surface area contributed by atoms with E-state index in [1.54, 1.807) is 0 Å². The van der Waals surface area contributed by atoms with E-state index in [-0.39, 0.29) is 0 Å². The first-order valence-electron chi connectivity index (χ1n) is 17.5. The topological polar surface area (TPSA) is 13.1 Å². The number of para-hydroxylation sites is 1. The van der Waals surface area contributed by atoms with Crippen molar-refractivity contribution in [3.05, 3.63) is 140 Å². The first kappa shape index (κ1) is 30.5. The van der Waals surface area contributed by atoms with Gasteiger partial charge >= 0.3 is 0 Å². The lowest BCUT2D eigenvalue weighted by Crippen LogP contribution is -2.55. The minimum absolute atomic E-state index is 0.910. The van der Waals surface area contributed by atoms with E-state index < -0.39 is 0 Å². The maximum Gasteiger partial charge on any atom is 0.143 e. The molecular weight excluding hydrogens is 599 g/mol. The molecule has 230 valence electrons. The van der Waals surface area contributed by atoms with Gasteiger partial charge in [-0.1, -0.05) is 138 Å². The molecule has 0 unspecified atom stereocenters. The minimum Gasteiger partial charge on any atom is -0.455 e. The molecule has 0 saturated carbocycles. The molecule has 1 aromatic heterocycles. The third-order valence-corrected chi connectivity index (χ3v) is 11.3. The van der Waals surface area contributed by atoms with Gasteiger partial charge in [-0.15, -0.1) is 16.4 Å². The van der Waals surface area contributed by atoms with Crippen molar-refractivity contribution >= 4 is 110 Å². The van der Waals surface area contributed by atoms with Crippen LogP contribution in [0.1, 0.15) is 0 Å². The van der Waals surface area contributed by atoms with Crippen molar-refractivity contribution in [1.82, 2.24) is 0 Å². The van der Waals surface area contributed by atoms with Crippen LogP contribution in [0.15, 0.2) is 144 Å². The van der Waals surface area contributed by atoms with Gasteiger partial charge in [-0.2, -0.15) is 0 Å². The number of furan rings is 1. The summed E-state index contributed by atoms with van der Waals surface area (Å²) in [5.41, 5.74) is 18.4. The highest BCUT2D eigenvalue weighted by molar-refractivity contribution is 6.68. The monoisotopic (exact) mass is 632 g/mol. The predicted molar refractivity (Wildman–Crippen MR) is 231 cm³/mol. The molecule has 1 nitrogen and oxygen atoms in total. The van der Waals surface area contributed by atoms with Gasteiger partial charge in [-0.25, -0.2) is 0 Å². The zero-order valence-electron chi connectivity index (χ0n) is 29.2. The Morgan fingerprint density at radius 1 is 0.340 bits per heavy atom. The Hall–Kier alpha value is -5.60. The van der Waals surface area contributed by atoms with Crippen LogP contribution in [0.2, 0.25) is 0 Å². The molecule has 0 aliphatic rings. The Morgan fingerprint density at radius 2 is 0.840 bits per heavy atom. The minimum atomic E-state index is 0.910. The standard InChI is InChI=1S/C44H33B5O/c45-39-38(40(46)42(48)43(49)41(39)47)32-19-9-18-31-37-27(17-10-20-34(37)50-44(31)32)26-21-22-30-33(23-26)36(25-13-5-2-6-14-25)29-16-8-7-15-28(29)35(30)24-11-3-1-4-12-24/h1-23H,45-49H2. The summed E-state index contributed by atoms with van der Waals surface area (Å²) in [6, 6.07) is 50.7. The Balaban J connectivity index is 1.35. The molecule has 0 saturated heterocycles. The molecule has 50 heavy (non-hydrogen) atoms. The molecule has 6 heteroatoms. The van der Waals surface area contributed by atoms with Gasteiger partial charge in [0.05, 0.1) is 0 Å². The lowest BCUT2D eigenvalue weighted by atomic mass is 9.59. The zero-order chi connectivity index (χ0) is 34.1. The summed E-state index contributed by atoms with van der Waals surface area (Å²) in [4.78, 5) is 0. The number of hydrogen-bond donors (Lipinski definition) is 0. The van der Waals surface area contributed by atoms with Gasteiger partial charge in [0.2, 0.25) is 0 Å². The molecule has 0 aliphatic heterocycles. The van der Waals surface area contributed by atoms with Crippen molar-refractivity contribution in [2.24, 2.45) is 0 Å². The zero-order valence-corrected chi connectivity index (χ0v) is 29.2. The van der Waals surface area contributed by atoms with Gasteiger partial charge in [-0.3, -0.25) is 0 Å². The quantitative estimate of drug-likeness (QED) is 0.213. The van der Waals surface area contributed by atoms with Gasteiger partial charge in [0.25, 0.3) is 0 Å². The van der Waals surface area contributed by atoms with Crippen LogP contribution in [0.4, 0.5) is 0 Å². The lowest BCUT2D eigenvalue weighted by Gasteiger charge is -2.20. The molecular formula is C44H33B5O. The predicted octanol–water partition coefficient (Wildman–Crippen LogP) is 3.85. The molecule has 1 heterocycles. The van der Waals surface area contributed by atoms with Crippen LogP contribution in [-0.4, -0.2) is 39.2 Å². The summed E-state index contributed by atoms with van der Waals surface area (Å²) in [5.74, 6) is 0. The van der Waals surface area contributed by atoms with E-state index >= 15 is 0 Å². The average molecular weight is 632 g/mol. The van der Waals surface area contributed by atoms with Crippen molar-refractivity contribution in [2.75, 3.05) is 0 Å². The fourth-order valence-electron chi connectivity index (χ4n) is 8.37. The van der Waals surface area contributed by atoms with Crippen LogP contribution in [0, 0.1) is 0 Å². The van der Waals surface area contributed by atoms with E-state index in [9.17, 15) is 0 Å². The first-order chi connectivity index (χ1) is 24.4. The lowest BCUT2D eigenvalue weighted by molar-refractivity contribution is 0.670. The van der Waals surface area contributed by atoms with Gasteiger partial charge in [-0.05, 0) is 72.6 Å². The van der Waals surface area contributed by atoms with E-state index in [1.807, 2.05) is 0 Å². The molecule has 0 fully saturated rings. The van der Waals surface area contributed by atoms with Crippen LogP contribution >= 0.6 is 0 Å². The summed E-state index contributed by atoms with van der Waals surface area (Å²) in [6.45, 7) is 0. The highest BCUT2D eigenvalue weighted by atomic mass is 16.3. The Kier molecular flexibility index (Phi) is 7.18. The molecule has 0 bridgehead atoms. The molecule has 0 aliphatic carbocycles. The second kappa shape index (κ2) is 11.8. The van der Waals surface area contributed by atoms with Crippen LogP contribution in [-0.2, 0) is 0 Å². The molecule has 0 N–H and O–H groups in total. The molecule has 9 rings (SSSR count). The van der Waals surface area contributed by atoms with Gasteiger partial charge < -0.3 is 4.42 Å². The van der Waals surface area contributed by atoms with E-state index in [2.05, 4.69) is 179 Å². The molecule has 0 amide bonds. The maximum absolute atomic E-state index is 6.84. The fraction of sp³-hybridized carbons (Fsp3) is 0. The fourth-order valence-corrected chi connectivity index (χ4v) is 8.37. The summed E-state index contributed by atoms with van der Waals surface area (Å²) < 4.78 is 6.84. The second-order valence-corrected chi connectivity index (χ2v) is 13.8. The van der Waals surface area contributed by atoms with Crippen molar-refractivity contribution in [2.45, 2.75) is 0 Å². The van der Waals surface area contributed by atoms with E-state index in [1.165, 1.54) is 87.8 Å². The second-order valence-electron chi connectivity index (χ2n) is 13.8. The van der Waals surface area contributed by atoms with Crippen LogP contribution in [0.3, 0.4) is 0 Å². The highest BCUT2D eigenvalue weighted by Crippen LogP contribution is 2.46. The number of rotatable bonds is 4. The normalized spacial score (nSPS) is 11.6. The van der Waals surface area contributed by atoms with Gasteiger partial charge in [0, 0.05) is 16.3 Å². The molecule has 0 spiro atoms. The average Bonchev–Trinajstić information content (AvgIpc) is 3.56. The Labute approximate surface area is 297 Å². The smallest absolute Gasteiger partial charge is 0.143 e. The van der Waals surface area contributed by atoms with Crippen molar-refractivity contribution in [1.29, 1.82) is 0 Å². The summed E-state index contributed by atoms with van der Waals surface area (Å²) >= 11 is 0. The van der Waals surface area contributed by atoms with Gasteiger partial charge in [0.1, 0.15) is 50.4 Å². The molecule has 9 aromatic rings. The number of benzene rings is 8. The summed E-state index contributed by atoms with van der Waals surface area (Å²) in [5, 5.41) is 7.32. The SMILES string of the molecule is Bc1c(B)c(B)c(-c2cccc3c2oc2cccc(-c4ccc5c(-c6ccccc6)c6ccccc6c(-c6ccccc6)c5c4)c23)c(B)c1B. The maximum atomic E-state index is 6.84. The van der Waals surface area contributed by atoms with Crippen LogP contribution in [0.5, 0.6) is 0 Å². The third kappa shape index (κ3) is 4.55. The molecule has 8 aromatic carbocycles. The van der Waals surface area contributed by atoms with Crippen LogP contribution in [0.25, 0.3) is 88.0 Å². The number of hydrogen-bond acceptors (Lipinski definition) is 1.